The zero-order valence-electron chi connectivity index (χ0n) is 7.52. The minimum absolute atomic E-state index is 0.142. The molecule has 4 nitrogen and oxygen atoms in total. The van der Waals surface area contributed by atoms with E-state index in [1.54, 1.807) is 0 Å². The average Bonchev–Trinajstić information content (AvgIpc) is 1.93. The van der Waals surface area contributed by atoms with E-state index in [1.807, 2.05) is 0 Å². The van der Waals surface area contributed by atoms with Gasteiger partial charge in [-0.15, -0.1) is 0 Å². The maximum absolute atomic E-state index is 10.7. The van der Waals surface area contributed by atoms with E-state index in [4.69, 9.17) is 5.11 Å². The molecular formula is C7H14O4S2. The normalized spacial score (nSPS) is 11.5. The van der Waals surface area contributed by atoms with Crippen molar-refractivity contribution in [1.29, 1.82) is 0 Å². The van der Waals surface area contributed by atoms with Gasteiger partial charge in [-0.3, -0.25) is 4.79 Å². The predicted octanol–water partition coefficient (Wildman–Crippen LogP) is 0.629. The van der Waals surface area contributed by atoms with Gasteiger partial charge in [0.05, 0.1) is 12.2 Å². The number of hydrogen-bond acceptors (Lipinski definition) is 4. The summed E-state index contributed by atoms with van der Waals surface area (Å²) in [5.41, 5.74) is 0. The van der Waals surface area contributed by atoms with E-state index in [1.165, 1.54) is 18.0 Å². The van der Waals surface area contributed by atoms with E-state index < -0.39 is 15.8 Å². The molecule has 0 rings (SSSR count). The molecule has 0 spiro atoms. The molecule has 0 bridgehead atoms. The van der Waals surface area contributed by atoms with Crippen molar-refractivity contribution in [1.82, 2.24) is 0 Å². The van der Waals surface area contributed by atoms with Crippen molar-refractivity contribution in [2.45, 2.75) is 12.8 Å². The summed E-state index contributed by atoms with van der Waals surface area (Å²) in [6.07, 6.45) is 1.95. The van der Waals surface area contributed by atoms with Gasteiger partial charge in [-0.05, 0) is 12.2 Å². The second kappa shape index (κ2) is 6.26. The summed E-state index contributed by atoms with van der Waals surface area (Å²) in [6, 6.07) is 0. The second-order valence-electron chi connectivity index (χ2n) is 2.74. The van der Waals surface area contributed by atoms with Gasteiger partial charge >= 0.3 is 5.97 Å². The van der Waals surface area contributed by atoms with Crippen molar-refractivity contribution < 1.29 is 18.3 Å². The molecule has 0 radical (unpaired) electrons. The van der Waals surface area contributed by atoms with Crippen LogP contribution in [-0.4, -0.2) is 43.0 Å². The van der Waals surface area contributed by atoms with Gasteiger partial charge in [0.25, 0.3) is 0 Å². The van der Waals surface area contributed by atoms with Crippen LogP contribution in [-0.2, 0) is 14.6 Å². The Labute approximate surface area is 82.6 Å². The third-order valence-electron chi connectivity index (χ3n) is 1.26. The third kappa shape index (κ3) is 11.8. The smallest absolute Gasteiger partial charge is 0.304 e. The molecule has 78 valence electrons. The molecule has 0 saturated carbocycles. The lowest BCUT2D eigenvalue weighted by molar-refractivity contribution is -0.136. The highest BCUT2D eigenvalue weighted by Crippen LogP contribution is 2.05. The molecule has 13 heavy (non-hydrogen) atoms. The number of rotatable bonds is 7. The molecule has 0 aromatic carbocycles. The molecule has 0 atom stereocenters. The Hall–Kier alpha value is -0.230. The van der Waals surface area contributed by atoms with Gasteiger partial charge in [0.15, 0.2) is 0 Å². The van der Waals surface area contributed by atoms with E-state index in [2.05, 4.69) is 0 Å². The first-order valence-electron chi connectivity index (χ1n) is 3.89. The topological polar surface area (TPSA) is 71.4 Å². The fraction of sp³-hybridized carbons (Fsp3) is 0.857. The van der Waals surface area contributed by atoms with Crippen molar-refractivity contribution in [3.63, 3.8) is 0 Å². The number of sulfone groups is 1. The highest BCUT2D eigenvalue weighted by molar-refractivity contribution is 7.99. The monoisotopic (exact) mass is 226 g/mol. The zero-order valence-corrected chi connectivity index (χ0v) is 9.16. The van der Waals surface area contributed by atoms with Gasteiger partial charge in [-0.2, -0.15) is 11.8 Å². The van der Waals surface area contributed by atoms with Crippen LogP contribution in [0.25, 0.3) is 0 Å². The Balaban J connectivity index is 3.23. The van der Waals surface area contributed by atoms with Crippen molar-refractivity contribution >= 4 is 27.6 Å². The van der Waals surface area contributed by atoms with Crippen LogP contribution >= 0.6 is 11.8 Å². The summed E-state index contributed by atoms with van der Waals surface area (Å²) in [5, 5.41) is 8.29. The first-order chi connectivity index (χ1) is 5.92. The fourth-order valence-electron chi connectivity index (χ4n) is 0.685. The van der Waals surface area contributed by atoms with Crippen LogP contribution in [0.15, 0.2) is 0 Å². The fourth-order valence-corrected chi connectivity index (χ4v) is 2.41. The van der Waals surface area contributed by atoms with Crippen molar-refractivity contribution in [3.8, 4) is 0 Å². The molecule has 0 aromatic rings. The molecular weight excluding hydrogens is 212 g/mol. The largest absolute Gasteiger partial charge is 0.481 e. The Morgan fingerprint density at radius 2 is 2.00 bits per heavy atom. The summed E-state index contributed by atoms with van der Waals surface area (Å²) in [4.78, 5) is 10.1. The molecule has 6 heteroatoms. The minimum Gasteiger partial charge on any atom is -0.481 e. The van der Waals surface area contributed by atoms with Gasteiger partial charge < -0.3 is 5.11 Å². The van der Waals surface area contributed by atoms with Crippen molar-refractivity contribution in [2.24, 2.45) is 0 Å². The van der Waals surface area contributed by atoms with E-state index in [-0.39, 0.29) is 12.2 Å². The number of carbonyl (C=O) groups is 1. The summed E-state index contributed by atoms with van der Waals surface area (Å²) in [5.74, 6) is 0.641. The Morgan fingerprint density at radius 3 is 2.46 bits per heavy atom. The van der Waals surface area contributed by atoms with Crippen LogP contribution in [0.3, 0.4) is 0 Å². The third-order valence-corrected chi connectivity index (χ3v) is 3.36. The molecule has 0 amide bonds. The quantitative estimate of drug-likeness (QED) is 0.645. The number of thioether (sulfide) groups is 1. The van der Waals surface area contributed by atoms with Gasteiger partial charge in [-0.25, -0.2) is 8.42 Å². The number of carboxylic acids is 1. The Kier molecular flexibility index (Phi) is 6.15. The van der Waals surface area contributed by atoms with Crippen molar-refractivity contribution in [2.75, 3.05) is 23.5 Å². The molecule has 0 aliphatic rings. The van der Waals surface area contributed by atoms with Crippen LogP contribution < -0.4 is 0 Å². The summed E-state index contributed by atoms with van der Waals surface area (Å²) >= 11 is 1.48. The molecule has 0 aliphatic carbocycles. The minimum atomic E-state index is -2.86. The first kappa shape index (κ1) is 12.8. The van der Waals surface area contributed by atoms with Crippen molar-refractivity contribution in [3.05, 3.63) is 0 Å². The van der Waals surface area contributed by atoms with Crippen LogP contribution in [0.2, 0.25) is 0 Å². The lowest BCUT2D eigenvalue weighted by atomic mass is 10.5. The summed E-state index contributed by atoms with van der Waals surface area (Å²) < 4.78 is 21.3. The van der Waals surface area contributed by atoms with Gasteiger partial charge in [-0.1, -0.05) is 0 Å². The lowest BCUT2D eigenvalue weighted by Crippen LogP contribution is -2.04. The molecule has 0 heterocycles. The predicted molar refractivity (Wildman–Crippen MR) is 53.9 cm³/mol. The van der Waals surface area contributed by atoms with E-state index in [0.29, 0.717) is 17.9 Å². The van der Waals surface area contributed by atoms with E-state index >= 15 is 0 Å². The van der Waals surface area contributed by atoms with Gasteiger partial charge in [0, 0.05) is 12.0 Å². The average molecular weight is 226 g/mol. The van der Waals surface area contributed by atoms with Crippen LogP contribution in [0, 0.1) is 0 Å². The first-order valence-corrected chi connectivity index (χ1v) is 7.10. The van der Waals surface area contributed by atoms with Gasteiger partial charge in [0.2, 0.25) is 0 Å². The second-order valence-corrected chi connectivity index (χ2v) is 6.22. The standard InChI is InChI=1S/C7H14O4S2/c1-13(10,11)6-2-4-12-5-3-7(8)9/h2-6H2,1H3,(H,8,9). The highest BCUT2D eigenvalue weighted by atomic mass is 32.2. The number of hydrogen-bond donors (Lipinski definition) is 1. The van der Waals surface area contributed by atoms with Crippen LogP contribution in [0.1, 0.15) is 12.8 Å². The summed E-state index contributed by atoms with van der Waals surface area (Å²) in [7, 11) is -2.86. The van der Waals surface area contributed by atoms with E-state index in [0.717, 1.165) is 0 Å². The molecule has 1 N–H and O–H groups in total. The Morgan fingerprint density at radius 1 is 1.38 bits per heavy atom. The SMILES string of the molecule is CS(=O)(=O)CCCSCCC(=O)O. The highest BCUT2D eigenvalue weighted by Gasteiger charge is 2.01. The number of aliphatic carboxylic acids is 1. The van der Waals surface area contributed by atoms with Crippen LogP contribution in [0.4, 0.5) is 0 Å². The lowest BCUT2D eigenvalue weighted by Gasteiger charge is -1.98. The van der Waals surface area contributed by atoms with Crippen LogP contribution in [0.5, 0.6) is 0 Å². The number of carboxylic acid groups (broad SMARTS) is 1. The van der Waals surface area contributed by atoms with E-state index in [9.17, 15) is 13.2 Å². The molecule has 0 aliphatic heterocycles. The summed E-state index contributed by atoms with van der Waals surface area (Å²) in [6.45, 7) is 0. The maximum Gasteiger partial charge on any atom is 0.304 e. The molecule has 0 fully saturated rings. The zero-order chi connectivity index (χ0) is 10.3. The maximum atomic E-state index is 10.7. The molecule has 0 saturated heterocycles. The Bertz CT molecular complexity index is 245. The molecule has 0 aromatic heterocycles. The molecule has 0 unspecified atom stereocenters. The van der Waals surface area contributed by atoms with Gasteiger partial charge in [0.1, 0.15) is 9.84 Å².